The van der Waals surface area contributed by atoms with Crippen LogP contribution in [-0.4, -0.2) is 18.5 Å². The first-order chi connectivity index (χ1) is 7.42. The minimum Gasteiger partial charge on any atom is -0.419 e. The Labute approximate surface area is 95.0 Å². The fourth-order valence-corrected chi connectivity index (χ4v) is 2.28. The predicted molar refractivity (Wildman–Crippen MR) is 62.2 cm³/mol. The van der Waals surface area contributed by atoms with Crippen LogP contribution in [-0.2, 0) is 9.09 Å². The Bertz CT molecular complexity index is 400. The lowest BCUT2D eigenvalue weighted by Crippen LogP contribution is -2.11. The first-order valence-corrected chi connectivity index (χ1v) is 7.02. The van der Waals surface area contributed by atoms with Crippen molar-refractivity contribution in [1.29, 1.82) is 0 Å². The van der Waals surface area contributed by atoms with Crippen molar-refractivity contribution in [2.75, 3.05) is 6.66 Å². The highest BCUT2D eigenvalue weighted by molar-refractivity contribution is 7.75. The molecule has 4 nitrogen and oxygen atoms in total. The molecule has 0 saturated heterocycles. The van der Waals surface area contributed by atoms with Crippen LogP contribution < -0.4 is 4.74 Å². The smallest absolute Gasteiger partial charge is 0.396 e. The Hall–Kier alpha value is -1.12. The highest BCUT2D eigenvalue weighted by Gasteiger charge is 2.30. The van der Waals surface area contributed by atoms with Crippen molar-refractivity contribution >= 4 is 13.1 Å². The number of ether oxygens (including phenoxy) is 1. The number of benzene rings is 1. The van der Waals surface area contributed by atoms with E-state index in [1.165, 1.54) is 6.66 Å². The molecule has 0 spiro atoms. The van der Waals surface area contributed by atoms with Crippen LogP contribution in [0.3, 0.4) is 0 Å². The zero-order valence-electron chi connectivity index (χ0n) is 9.54. The van der Waals surface area contributed by atoms with Crippen LogP contribution in [0.15, 0.2) is 30.3 Å². The van der Waals surface area contributed by atoms with E-state index in [0.717, 1.165) is 0 Å². The summed E-state index contributed by atoms with van der Waals surface area (Å²) in [5.41, 5.74) is -0.826. The molecule has 1 aromatic carbocycles. The molecule has 1 rings (SSSR count). The van der Waals surface area contributed by atoms with Gasteiger partial charge >= 0.3 is 13.1 Å². The Kier molecular flexibility index (Phi) is 4.27. The fraction of sp³-hybridized carbons (Fsp3) is 0.364. The molecular formula is C11H15O4P. The van der Waals surface area contributed by atoms with Gasteiger partial charge in [-0.25, -0.2) is 4.79 Å². The van der Waals surface area contributed by atoms with Crippen LogP contribution in [0.1, 0.15) is 13.8 Å². The first kappa shape index (κ1) is 12.9. The van der Waals surface area contributed by atoms with Gasteiger partial charge < -0.3 is 9.26 Å². The average molecular weight is 242 g/mol. The molecule has 88 valence electrons. The zero-order chi connectivity index (χ0) is 12.2. The Balaban J connectivity index is 2.69. The fourth-order valence-electron chi connectivity index (χ4n) is 1.12. The lowest BCUT2D eigenvalue weighted by molar-refractivity contribution is 0.204. The van der Waals surface area contributed by atoms with Gasteiger partial charge in [-0.2, -0.15) is 0 Å². The maximum atomic E-state index is 11.8. The van der Waals surface area contributed by atoms with E-state index in [1.54, 1.807) is 44.2 Å². The molecule has 0 saturated carbocycles. The molecule has 0 radical (unpaired) electrons. The molecule has 0 aromatic heterocycles. The third-order valence-electron chi connectivity index (χ3n) is 1.69. The van der Waals surface area contributed by atoms with Crippen molar-refractivity contribution in [3.05, 3.63) is 30.3 Å². The highest BCUT2D eigenvalue weighted by Crippen LogP contribution is 2.45. The van der Waals surface area contributed by atoms with Gasteiger partial charge in [-0.15, -0.1) is 0 Å². The van der Waals surface area contributed by atoms with E-state index in [-0.39, 0.29) is 6.10 Å². The van der Waals surface area contributed by atoms with E-state index < -0.39 is 13.1 Å². The van der Waals surface area contributed by atoms with Crippen molar-refractivity contribution < 1.29 is 18.6 Å². The second kappa shape index (κ2) is 5.28. The summed E-state index contributed by atoms with van der Waals surface area (Å²) in [5.74, 6) is 0.363. The van der Waals surface area contributed by atoms with Crippen molar-refractivity contribution in [2.45, 2.75) is 20.0 Å². The monoisotopic (exact) mass is 242 g/mol. The molecule has 0 aliphatic carbocycles. The van der Waals surface area contributed by atoms with Crippen LogP contribution in [0.5, 0.6) is 5.75 Å². The van der Waals surface area contributed by atoms with Crippen LogP contribution in [0.4, 0.5) is 4.79 Å². The van der Waals surface area contributed by atoms with Crippen molar-refractivity contribution in [3.63, 3.8) is 0 Å². The van der Waals surface area contributed by atoms with E-state index in [1.807, 2.05) is 0 Å². The van der Waals surface area contributed by atoms with E-state index in [9.17, 15) is 9.36 Å². The van der Waals surface area contributed by atoms with Crippen LogP contribution >= 0.6 is 7.37 Å². The largest absolute Gasteiger partial charge is 0.419 e. The maximum Gasteiger partial charge on any atom is 0.396 e. The standard InChI is InChI=1S/C11H15O4P/c1-9(2)15-16(3,13)11(12)14-10-7-5-4-6-8-10/h4-9H,1-3H3. The quantitative estimate of drug-likeness (QED) is 0.758. The van der Waals surface area contributed by atoms with Crippen LogP contribution in [0.25, 0.3) is 0 Å². The second-order valence-corrected chi connectivity index (χ2v) is 5.95. The number of hydrogen-bond acceptors (Lipinski definition) is 4. The van der Waals surface area contributed by atoms with Crippen molar-refractivity contribution in [3.8, 4) is 5.75 Å². The maximum absolute atomic E-state index is 11.8. The third-order valence-corrected chi connectivity index (χ3v) is 3.27. The second-order valence-electron chi connectivity index (χ2n) is 3.68. The van der Waals surface area contributed by atoms with Gasteiger partial charge in [0.1, 0.15) is 5.75 Å². The number of hydrogen-bond donors (Lipinski definition) is 0. The van der Waals surface area contributed by atoms with Crippen molar-refractivity contribution in [1.82, 2.24) is 0 Å². The summed E-state index contributed by atoms with van der Waals surface area (Å²) < 4.78 is 21.8. The van der Waals surface area contributed by atoms with Crippen molar-refractivity contribution in [2.24, 2.45) is 0 Å². The van der Waals surface area contributed by atoms with Gasteiger partial charge in [0.2, 0.25) is 0 Å². The van der Waals surface area contributed by atoms with E-state index in [4.69, 9.17) is 9.26 Å². The molecule has 1 aromatic rings. The minimum absolute atomic E-state index is 0.279. The van der Waals surface area contributed by atoms with Gasteiger partial charge in [-0.3, -0.25) is 4.57 Å². The molecule has 16 heavy (non-hydrogen) atoms. The molecule has 1 atom stereocenters. The highest BCUT2D eigenvalue weighted by atomic mass is 31.2. The molecule has 0 aliphatic rings. The normalized spacial score (nSPS) is 14.5. The topological polar surface area (TPSA) is 52.6 Å². The summed E-state index contributed by atoms with van der Waals surface area (Å²) in [6.07, 6.45) is -0.279. The summed E-state index contributed by atoms with van der Waals surface area (Å²) in [6, 6.07) is 8.49. The van der Waals surface area contributed by atoms with Gasteiger partial charge in [0.05, 0.1) is 6.10 Å². The van der Waals surface area contributed by atoms with Gasteiger partial charge in [0, 0.05) is 6.66 Å². The molecule has 0 bridgehead atoms. The molecule has 0 fully saturated rings. The van der Waals surface area contributed by atoms with E-state index in [0.29, 0.717) is 5.75 Å². The number of carbonyl (C=O) groups is 1. The number of para-hydroxylation sites is 1. The first-order valence-electron chi connectivity index (χ1n) is 4.95. The molecule has 0 N–H and O–H groups in total. The number of rotatable bonds is 4. The summed E-state index contributed by atoms with van der Waals surface area (Å²) in [7, 11) is -3.37. The Morgan fingerprint density at radius 2 is 1.81 bits per heavy atom. The molecule has 5 heteroatoms. The van der Waals surface area contributed by atoms with Gasteiger partial charge in [-0.05, 0) is 26.0 Å². The summed E-state index contributed by atoms with van der Waals surface area (Å²) >= 11 is 0. The predicted octanol–water partition coefficient (Wildman–Crippen LogP) is 3.52. The third kappa shape index (κ3) is 3.80. The van der Waals surface area contributed by atoms with E-state index >= 15 is 0 Å². The Morgan fingerprint density at radius 1 is 1.25 bits per heavy atom. The lowest BCUT2D eigenvalue weighted by atomic mass is 10.3. The average Bonchev–Trinajstić information content (AvgIpc) is 2.17. The molecule has 0 amide bonds. The summed E-state index contributed by atoms with van der Waals surface area (Å²) in [4.78, 5) is 11.6. The van der Waals surface area contributed by atoms with Crippen LogP contribution in [0.2, 0.25) is 0 Å². The molecule has 0 aliphatic heterocycles. The molecule has 0 heterocycles. The van der Waals surface area contributed by atoms with Gasteiger partial charge in [-0.1, -0.05) is 18.2 Å². The SMILES string of the molecule is CC(C)OP(C)(=O)C(=O)Oc1ccccc1. The van der Waals surface area contributed by atoms with Crippen LogP contribution in [0, 0.1) is 0 Å². The van der Waals surface area contributed by atoms with E-state index in [2.05, 4.69) is 0 Å². The Morgan fingerprint density at radius 3 is 2.31 bits per heavy atom. The van der Waals surface area contributed by atoms with Gasteiger partial charge in [0.15, 0.2) is 0 Å². The zero-order valence-corrected chi connectivity index (χ0v) is 10.4. The summed E-state index contributed by atoms with van der Waals surface area (Å²) in [6.45, 7) is 4.69. The number of carbonyl (C=O) groups excluding carboxylic acids is 1. The van der Waals surface area contributed by atoms with Gasteiger partial charge in [0.25, 0.3) is 0 Å². The summed E-state index contributed by atoms with van der Waals surface area (Å²) in [5, 5.41) is 0. The molecule has 1 unspecified atom stereocenters. The minimum atomic E-state index is -3.37. The molecular weight excluding hydrogens is 227 g/mol. The lowest BCUT2D eigenvalue weighted by Gasteiger charge is -2.14.